The standard InChI is InChI=1S/C19H14Cl2N4O3S/c20-19(21)9-15(19)11-1-3-12(4-2-11)16(26)10-29-18-22-23-24-25(18)14-7-5-13(6-8-14)17(27)28/h1-8,15H,9-10H2,(H,27,28). The molecule has 0 saturated heterocycles. The second kappa shape index (κ2) is 7.78. The lowest BCUT2D eigenvalue weighted by molar-refractivity contribution is 0.0696. The number of rotatable bonds is 7. The van der Waals surface area contributed by atoms with Crippen molar-refractivity contribution in [3.8, 4) is 5.69 Å². The molecule has 2 aromatic carbocycles. The van der Waals surface area contributed by atoms with E-state index in [-0.39, 0.29) is 23.0 Å². The van der Waals surface area contributed by atoms with E-state index in [0.717, 1.165) is 12.0 Å². The van der Waals surface area contributed by atoms with E-state index in [1.54, 1.807) is 24.3 Å². The number of tetrazole rings is 1. The molecule has 0 amide bonds. The van der Waals surface area contributed by atoms with Gasteiger partial charge in [-0.05, 0) is 46.7 Å². The fourth-order valence-corrected chi connectivity index (χ4v) is 4.21. The molecular formula is C19H14Cl2N4O3S. The second-order valence-electron chi connectivity index (χ2n) is 6.58. The number of Topliss-reactive ketones (excluding diaryl/α,β-unsaturated/α-hetero) is 1. The van der Waals surface area contributed by atoms with Crippen LogP contribution >= 0.6 is 35.0 Å². The van der Waals surface area contributed by atoms with E-state index in [0.29, 0.717) is 16.4 Å². The largest absolute Gasteiger partial charge is 0.478 e. The Bertz CT molecular complexity index is 1070. The van der Waals surface area contributed by atoms with Gasteiger partial charge in [0.2, 0.25) is 5.16 Å². The zero-order chi connectivity index (χ0) is 20.6. The summed E-state index contributed by atoms with van der Waals surface area (Å²) in [4.78, 5) is 23.5. The van der Waals surface area contributed by atoms with E-state index >= 15 is 0 Å². The molecule has 1 saturated carbocycles. The van der Waals surface area contributed by atoms with Crippen LogP contribution in [-0.2, 0) is 0 Å². The number of nitrogens with zero attached hydrogens (tertiary/aromatic N) is 4. The lowest BCUT2D eigenvalue weighted by Crippen LogP contribution is -2.05. The van der Waals surface area contributed by atoms with Crippen LogP contribution in [0.15, 0.2) is 53.7 Å². The molecule has 29 heavy (non-hydrogen) atoms. The smallest absolute Gasteiger partial charge is 0.335 e. The highest BCUT2D eigenvalue weighted by atomic mass is 35.5. The molecule has 1 fully saturated rings. The number of aromatic nitrogens is 4. The number of ketones is 1. The minimum atomic E-state index is -1.01. The summed E-state index contributed by atoms with van der Waals surface area (Å²) >= 11 is 13.4. The molecule has 0 spiro atoms. The summed E-state index contributed by atoms with van der Waals surface area (Å²) in [5.41, 5.74) is 2.38. The number of carbonyl (C=O) groups is 2. The Morgan fingerprint density at radius 3 is 2.31 bits per heavy atom. The lowest BCUT2D eigenvalue weighted by Gasteiger charge is -2.06. The van der Waals surface area contributed by atoms with Gasteiger partial charge in [-0.1, -0.05) is 36.0 Å². The number of carbonyl (C=O) groups excluding carboxylic acids is 1. The summed E-state index contributed by atoms with van der Waals surface area (Å²) in [6, 6.07) is 13.5. The topological polar surface area (TPSA) is 98.0 Å². The zero-order valence-corrected chi connectivity index (χ0v) is 17.2. The third-order valence-electron chi connectivity index (χ3n) is 4.59. The van der Waals surface area contributed by atoms with Gasteiger partial charge in [0.15, 0.2) is 5.78 Å². The Labute approximate surface area is 180 Å². The highest BCUT2D eigenvalue weighted by Crippen LogP contribution is 2.59. The summed E-state index contributed by atoms with van der Waals surface area (Å²) in [6.07, 6.45) is 0.718. The first-order chi connectivity index (χ1) is 13.8. The van der Waals surface area contributed by atoms with Crippen molar-refractivity contribution in [3.05, 3.63) is 65.2 Å². The molecule has 1 unspecified atom stereocenters. The molecule has 4 rings (SSSR count). The van der Waals surface area contributed by atoms with Gasteiger partial charge in [-0.2, -0.15) is 4.68 Å². The van der Waals surface area contributed by atoms with Crippen LogP contribution in [0, 0.1) is 0 Å². The van der Waals surface area contributed by atoms with Crippen LogP contribution in [0.4, 0.5) is 0 Å². The predicted molar refractivity (Wildman–Crippen MR) is 109 cm³/mol. The first-order valence-electron chi connectivity index (χ1n) is 8.61. The minimum Gasteiger partial charge on any atom is -0.478 e. The second-order valence-corrected chi connectivity index (χ2v) is 9.06. The van der Waals surface area contributed by atoms with E-state index < -0.39 is 10.3 Å². The van der Waals surface area contributed by atoms with Crippen molar-refractivity contribution in [2.45, 2.75) is 21.8 Å². The highest BCUT2D eigenvalue weighted by Gasteiger charge is 2.52. The maximum atomic E-state index is 12.5. The van der Waals surface area contributed by atoms with Crippen molar-refractivity contribution in [2.24, 2.45) is 0 Å². The molecule has 1 aliphatic rings. The van der Waals surface area contributed by atoms with E-state index in [4.69, 9.17) is 28.3 Å². The Morgan fingerprint density at radius 2 is 1.72 bits per heavy atom. The predicted octanol–water partition coefficient (Wildman–Crippen LogP) is 4.00. The number of halogens is 2. The number of hydrogen-bond acceptors (Lipinski definition) is 6. The number of thioether (sulfide) groups is 1. The summed E-state index contributed by atoms with van der Waals surface area (Å²) in [5.74, 6) is -0.799. The molecule has 10 heteroatoms. The van der Waals surface area contributed by atoms with Crippen LogP contribution in [-0.4, -0.2) is 47.2 Å². The average molecular weight is 449 g/mol. The molecule has 3 aromatic rings. The summed E-state index contributed by atoms with van der Waals surface area (Å²) in [5, 5.41) is 20.9. The van der Waals surface area contributed by atoms with Gasteiger partial charge >= 0.3 is 5.97 Å². The summed E-state index contributed by atoms with van der Waals surface area (Å²) in [6.45, 7) is 0. The van der Waals surface area contributed by atoms with Crippen LogP contribution < -0.4 is 0 Å². The van der Waals surface area contributed by atoms with E-state index in [1.165, 1.54) is 28.6 Å². The van der Waals surface area contributed by atoms with Gasteiger partial charge in [-0.25, -0.2) is 4.79 Å². The number of carboxylic acids is 1. The lowest BCUT2D eigenvalue weighted by atomic mass is 10.1. The number of alkyl halides is 2. The van der Waals surface area contributed by atoms with Crippen molar-refractivity contribution in [1.82, 2.24) is 20.2 Å². The van der Waals surface area contributed by atoms with Crippen molar-refractivity contribution in [2.75, 3.05) is 5.75 Å². The van der Waals surface area contributed by atoms with Crippen molar-refractivity contribution in [1.29, 1.82) is 0 Å². The van der Waals surface area contributed by atoms with Crippen molar-refractivity contribution < 1.29 is 14.7 Å². The Hall–Kier alpha value is -2.42. The molecule has 1 atom stereocenters. The normalized spacial score (nSPS) is 17.1. The van der Waals surface area contributed by atoms with Gasteiger partial charge in [0.25, 0.3) is 0 Å². The molecular weight excluding hydrogens is 435 g/mol. The molecule has 0 aliphatic heterocycles. The van der Waals surface area contributed by atoms with E-state index in [2.05, 4.69) is 15.5 Å². The Kier molecular flexibility index (Phi) is 5.33. The van der Waals surface area contributed by atoms with Gasteiger partial charge in [0.05, 0.1) is 17.0 Å². The average Bonchev–Trinajstić information content (AvgIpc) is 3.13. The van der Waals surface area contributed by atoms with Crippen LogP contribution in [0.5, 0.6) is 0 Å². The first-order valence-corrected chi connectivity index (χ1v) is 10.4. The Morgan fingerprint density at radius 1 is 1.10 bits per heavy atom. The maximum absolute atomic E-state index is 12.5. The van der Waals surface area contributed by atoms with Crippen LogP contribution in [0.3, 0.4) is 0 Å². The van der Waals surface area contributed by atoms with Crippen molar-refractivity contribution in [3.63, 3.8) is 0 Å². The zero-order valence-electron chi connectivity index (χ0n) is 14.8. The van der Waals surface area contributed by atoms with Gasteiger partial charge in [0.1, 0.15) is 4.33 Å². The van der Waals surface area contributed by atoms with Gasteiger partial charge < -0.3 is 5.11 Å². The summed E-state index contributed by atoms with van der Waals surface area (Å²) in [7, 11) is 0. The maximum Gasteiger partial charge on any atom is 0.335 e. The molecule has 1 heterocycles. The van der Waals surface area contributed by atoms with Gasteiger partial charge in [-0.3, -0.25) is 4.79 Å². The highest BCUT2D eigenvalue weighted by molar-refractivity contribution is 7.99. The van der Waals surface area contributed by atoms with Crippen molar-refractivity contribution >= 4 is 46.7 Å². The molecule has 148 valence electrons. The minimum absolute atomic E-state index is 0.0591. The molecule has 1 aliphatic carbocycles. The molecule has 7 nitrogen and oxygen atoms in total. The fourth-order valence-electron chi connectivity index (χ4n) is 2.87. The molecule has 0 radical (unpaired) electrons. The van der Waals surface area contributed by atoms with Crippen LogP contribution in [0.1, 0.15) is 38.6 Å². The first kappa shape index (κ1) is 19.9. The molecule has 1 aromatic heterocycles. The quantitative estimate of drug-likeness (QED) is 0.331. The number of aromatic carboxylic acids is 1. The number of hydrogen-bond donors (Lipinski definition) is 1. The summed E-state index contributed by atoms with van der Waals surface area (Å²) < 4.78 is 0.765. The number of benzene rings is 2. The molecule has 1 N–H and O–H groups in total. The van der Waals surface area contributed by atoms with Gasteiger partial charge in [0, 0.05) is 11.5 Å². The SMILES string of the molecule is O=C(O)c1ccc(-n2nnnc2SCC(=O)c2ccc(C3CC3(Cl)Cl)cc2)cc1. The van der Waals surface area contributed by atoms with Gasteiger partial charge in [-0.15, -0.1) is 28.3 Å². The third kappa shape index (κ3) is 4.29. The van der Waals surface area contributed by atoms with Crippen LogP contribution in [0.2, 0.25) is 0 Å². The monoisotopic (exact) mass is 448 g/mol. The fraction of sp³-hybridized carbons (Fsp3) is 0.211. The Balaban J connectivity index is 1.41. The van der Waals surface area contributed by atoms with Crippen LogP contribution in [0.25, 0.3) is 5.69 Å². The molecule has 0 bridgehead atoms. The third-order valence-corrected chi connectivity index (χ3v) is 6.35. The number of carboxylic acid groups (broad SMARTS) is 1. The van der Waals surface area contributed by atoms with E-state index in [9.17, 15) is 9.59 Å². The van der Waals surface area contributed by atoms with E-state index in [1.807, 2.05) is 12.1 Å².